The van der Waals surface area contributed by atoms with Crippen LogP contribution in [0.4, 0.5) is 0 Å². The summed E-state index contributed by atoms with van der Waals surface area (Å²) in [5.74, 6) is 0. The molecule has 1 aliphatic heterocycles. The van der Waals surface area contributed by atoms with E-state index in [1.54, 1.807) is 17.7 Å². The molecule has 0 saturated carbocycles. The predicted molar refractivity (Wildman–Crippen MR) is 95.0 cm³/mol. The second kappa shape index (κ2) is 6.65. The van der Waals surface area contributed by atoms with Gasteiger partial charge in [-0.3, -0.25) is 4.99 Å². The van der Waals surface area contributed by atoms with Gasteiger partial charge in [-0.2, -0.15) is 0 Å². The minimum atomic E-state index is 0. The first kappa shape index (κ1) is 16.1. The SMILES string of the molecule is Cc1sc(-c2ccccc2Cl)c(C2C=CNC=N2)c1C.Cl. The maximum Gasteiger partial charge on any atom is 0.0981 e. The monoisotopic (exact) mass is 338 g/mol. The molecule has 1 aliphatic rings. The number of rotatable bonds is 2. The zero-order valence-electron chi connectivity index (χ0n) is 11.8. The molecule has 1 N–H and O–H groups in total. The molecule has 2 aromatic rings. The van der Waals surface area contributed by atoms with Crippen molar-refractivity contribution in [3.63, 3.8) is 0 Å². The van der Waals surface area contributed by atoms with Crippen LogP contribution in [0.1, 0.15) is 22.0 Å². The molecule has 3 rings (SSSR count). The number of nitrogens with zero attached hydrogens (tertiary/aromatic N) is 1. The van der Waals surface area contributed by atoms with Crippen molar-refractivity contribution in [1.29, 1.82) is 0 Å². The average Bonchev–Trinajstić information content (AvgIpc) is 2.76. The van der Waals surface area contributed by atoms with Gasteiger partial charge in [0.15, 0.2) is 0 Å². The van der Waals surface area contributed by atoms with Gasteiger partial charge in [-0.15, -0.1) is 23.7 Å². The van der Waals surface area contributed by atoms with Gasteiger partial charge >= 0.3 is 0 Å². The van der Waals surface area contributed by atoms with Crippen molar-refractivity contribution in [2.24, 2.45) is 4.99 Å². The van der Waals surface area contributed by atoms with Crippen LogP contribution in [-0.2, 0) is 0 Å². The van der Waals surface area contributed by atoms with Crippen molar-refractivity contribution < 1.29 is 0 Å². The number of aliphatic imine (C=N–C) groups is 1. The summed E-state index contributed by atoms with van der Waals surface area (Å²) >= 11 is 8.16. The molecule has 0 spiro atoms. The van der Waals surface area contributed by atoms with Gasteiger partial charge < -0.3 is 5.32 Å². The number of aryl methyl sites for hydroxylation is 1. The van der Waals surface area contributed by atoms with Crippen molar-refractivity contribution in [1.82, 2.24) is 5.32 Å². The van der Waals surface area contributed by atoms with Crippen LogP contribution in [0.2, 0.25) is 5.02 Å². The van der Waals surface area contributed by atoms with Crippen LogP contribution in [0.15, 0.2) is 41.5 Å². The van der Waals surface area contributed by atoms with E-state index in [9.17, 15) is 0 Å². The summed E-state index contributed by atoms with van der Waals surface area (Å²) < 4.78 is 0. The number of thiophene rings is 1. The van der Waals surface area contributed by atoms with E-state index in [0.29, 0.717) is 0 Å². The van der Waals surface area contributed by atoms with Crippen LogP contribution in [0.5, 0.6) is 0 Å². The fraction of sp³-hybridized carbons (Fsp3) is 0.188. The van der Waals surface area contributed by atoms with E-state index in [-0.39, 0.29) is 18.4 Å². The lowest BCUT2D eigenvalue weighted by Crippen LogP contribution is -2.09. The molecule has 0 amide bonds. The third-order valence-corrected chi connectivity index (χ3v) is 5.12. The topological polar surface area (TPSA) is 24.4 Å². The Balaban J connectivity index is 0.00000161. The lowest BCUT2D eigenvalue weighted by atomic mass is 9.98. The van der Waals surface area contributed by atoms with Gasteiger partial charge in [-0.1, -0.05) is 29.8 Å². The standard InChI is InChI=1S/C16H15ClN2S.ClH/c1-10-11(2)20-16(12-5-3-4-6-13(12)17)15(10)14-7-8-18-9-19-14;/h3-9,14H,1-2H3,(H,18,19);1H. The zero-order chi connectivity index (χ0) is 14.1. The smallest absolute Gasteiger partial charge is 0.0981 e. The van der Waals surface area contributed by atoms with E-state index in [1.807, 2.05) is 24.4 Å². The average molecular weight is 339 g/mol. The van der Waals surface area contributed by atoms with Gasteiger partial charge in [0.25, 0.3) is 0 Å². The highest BCUT2D eigenvalue weighted by Gasteiger charge is 2.22. The summed E-state index contributed by atoms with van der Waals surface area (Å²) in [5.41, 5.74) is 3.65. The highest BCUT2D eigenvalue weighted by Crippen LogP contribution is 2.43. The first-order valence-electron chi connectivity index (χ1n) is 6.47. The predicted octanol–water partition coefficient (Wildman–Crippen LogP) is 5.29. The summed E-state index contributed by atoms with van der Waals surface area (Å²) in [4.78, 5) is 7.07. The van der Waals surface area contributed by atoms with Gasteiger partial charge in [0.1, 0.15) is 0 Å². The van der Waals surface area contributed by atoms with E-state index in [4.69, 9.17) is 11.6 Å². The van der Waals surface area contributed by atoms with Gasteiger partial charge in [0.05, 0.1) is 12.4 Å². The van der Waals surface area contributed by atoms with Crippen molar-refractivity contribution in [2.75, 3.05) is 0 Å². The van der Waals surface area contributed by atoms with Crippen molar-refractivity contribution >= 4 is 41.7 Å². The minimum absolute atomic E-state index is 0. The summed E-state index contributed by atoms with van der Waals surface area (Å²) in [5, 5.41) is 3.78. The van der Waals surface area contributed by atoms with Crippen LogP contribution in [0.3, 0.4) is 0 Å². The second-order valence-electron chi connectivity index (χ2n) is 4.75. The highest BCUT2D eigenvalue weighted by molar-refractivity contribution is 7.16. The molecule has 0 bridgehead atoms. The fourth-order valence-corrected chi connectivity index (χ4v) is 3.91. The van der Waals surface area contributed by atoms with E-state index < -0.39 is 0 Å². The third kappa shape index (κ3) is 3.00. The molecule has 1 atom stereocenters. The minimum Gasteiger partial charge on any atom is -0.353 e. The molecule has 0 saturated heterocycles. The quantitative estimate of drug-likeness (QED) is 0.789. The first-order chi connectivity index (χ1) is 9.68. The number of halogens is 2. The molecule has 110 valence electrons. The molecule has 1 unspecified atom stereocenters. The Bertz CT molecular complexity index is 692. The van der Waals surface area contributed by atoms with Crippen LogP contribution < -0.4 is 5.32 Å². The van der Waals surface area contributed by atoms with E-state index in [0.717, 1.165) is 10.6 Å². The maximum absolute atomic E-state index is 6.37. The Morgan fingerprint density at radius 3 is 2.67 bits per heavy atom. The lowest BCUT2D eigenvalue weighted by Gasteiger charge is -2.14. The van der Waals surface area contributed by atoms with Crippen molar-refractivity contribution in [2.45, 2.75) is 19.9 Å². The molecular formula is C16H16Cl2N2S. The van der Waals surface area contributed by atoms with Gasteiger partial charge in [-0.25, -0.2) is 0 Å². The molecule has 1 aromatic heterocycles. The Kier molecular flexibility index (Phi) is 5.09. The first-order valence-corrected chi connectivity index (χ1v) is 7.67. The van der Waals surface area contributed by atoms with E-state index >= 15 is 0 Å². The van der Waals surface area contributed by atoms with Crippen LogP contribution in [-0.4, -0.2) is 6.34 Å². The molecule has 0 fully saturated rings. The van der Waals surface area contributed by atoms with Crippen LogP contribution >= 0.6 is 35.3 Å². The Morgan fingerprint density at radius 1 is 1.24 bits per heavy atom. The zero-order valence-corrected chi connectivity index (χ0v) is 14.1. The number of hydrogen-bond donors (Lipinski definition) is 1. The Hall–Kier alpha value is -1.29. The van der Waals surface area contributed by atoms with Crippen LogP contribution in [0.25, 0.3) is 10.4 Å². The molecule has 21 heavy (non-hydrogen) atoms. The number of hydrogen-bond acceptors (Lipinski definition) is 3. The summed E-state index contributed by atoms with van der Waals surface area (Å²) in [7, 11) is 0. The molecule has 0 aliphatic carbocycles. The highest BCUT2D eigenvalue weighted by atomic mass is 35.5. The number of benzene rings is 1. The Morgan fingerprint density at radius 2 is 2.00 bits per heavy atom. The Labute approximate surface area is 140 Å². The van der Waals surface area contributed by atoms with Gasteiger partial charge in [-0.05, 0) is 31.6 Å². The van der Waals surface area contributed by atoms with E-state index in [2.05, 4.69) is 36.3 Å². The molecule has 5 heteroatoms. The van der Waals surface area contributed by atoms with E-state index in [1.165, 1.54) is 20.9 Å². The molecule has 2 heterocycles. The fourth-order valence-electron chi connectivity index (χ4n) is 2.38. The summed E-state index contributed by atoms with van der Waals surface area (Å²) in [6.07, 6.45) is 5.75. The van der Waals surface area contributed by atoms with Gasteiger partial charge in [0.2, 0.25) is 0 Å². The molecule has 0 radical (unpaired) electrons. The van der Waals surface area contributed by atoms with Crippen molar-refractivity contribution in [3.8, 4) is 10.4 Å². The largest absolute Gasteiger partial charge is 0.353 e. The normalized spacial score (nSPS) is 16.4. The van der Waals surface area contributed by atoms with Crippen molar-refractivity contribution in [3.05, 3.63) is 57.6 Å². The summed E-state index contributed by atoms with van der Waals surface area (Å²) in [6, 6.07) is 8.06. The number of nitrogens with one attached hydrogen (secondary N) is 1. The molecule has 2 nitrogen and oxygen atoms in total. The molecular weight excluding hydrogens is 323 g/mol. The van der Waals surface area contributed by atoms with Gasteiger partial charge in [0, 0.05) is 32.1 Å². The molecule has 1 aromatic carbocycles. The lowest BCUT2D eigenvalue weighted by molar-refractivity contribution is 0.881. The second-order valence-corrected chi connectivity index (χ2v) is 6.39. The summed E-state index contributed by atoms with van der Waals surface area (Å²) in [6.45, 7) is 4.31. The van der Waals surface area contributed by atoms with Crippen LogP contribution in [0, 0.1) is 13.8 Å². The maximum atomic E-state index is 6.37. The third-order valence-electron chi connectivity index (χ3n) is 3.53.